The number of hydrogen-bond donors (Lipinski definition) is 1. The van der Waals surface area contributed by atoms with Crippen LogP contribution in [-0.4, -0.2) is 47.9 Å². The Morgan fingerprint density at radius 3 is 2.58 bits per heavy atom. The molecule has 2 rings (SSSR count). The molecule has 0 saturated carbocycles. The van der Waals surface area contributed by atoms with Crippen LogP contribution in [0.15, 0.2) is 22.7 Å². The molecule has 1 aliphatic rings. The van der Waals surface area contributed by atoms with Gasteiger partial charge in [0.25, 0.3) is 0 Å². The van der Waals surface area contributed by atoms with Gasteiger partial charge in [0.2, 0.25) is 0 Å². The van der Waals surface area contributed by atoms with E-state index < -0.39 is 23.1 Å². The zero-order valence-corrected chi connectivity index (χ0v) is 17.3. The second-order valence-electron chi connectivity index (χ2n) is 7.74. The van der Waals surface area contributed by atoms with Crippen molar-refractivity contribution < 1.29 is 24.2 Å². The summed E-state index contributed by atoms with van der Waals surface area (Å²) in [5.41, 5.74) is -0.754. The second kappa shape index (κ2) is 7.86. The van der Waals surface area contributed by atoms with Crippen LogP contribution in [0.3, 0.4) is 0 Å². The van der Waals surface area contributed by atoms with Gasteiger partial charge in [-0.3, -0.25) is 4.79 Å². The van der Waals surface area contributed by atoms with Crippen LogP contribution in [0.1, 0.15) is 39.2 Å². The standard InChI is InChI=1S/C19H26BrNO5/c1-18(2,3)26-17(24)21-9-5-8-19(12-21,16(22)23)11-13-6-7-15(25-4)14(20)10-13/h6-7,10H,5,8-9,11-12H2,1-4H3,(H,22,23). The number of aliphatic carboxylic acids is 1. The number of benzene rings is 1. The van der Waals surface area contributed by atoms with Crippen molar-refractivity contribution >= 4 is 28.0 Å². The number of rotatable bonds is 4. The van der Waals surface area contributed by atoms with E-state index in [1.165, 1.54) is 4.90 Å². The summed E-state index contributed by atoms with van der Waals surface area (Å²) in [5, 5.41) is 9.94. The largest absolute Gasteiger partial charge is 0.496 e. The number of carbonyl (C=O) groups is 2. The molecule has 1 atom stereocenters. The van der Waals surface area contributed by atoms with Gasteiger partial charge in [-0.1, -0.05) is 6.07 Å². The third-order valence-electron chi connectivity index (χ3n) is 4.44. The number of carboxylic acids is 1. The molecule has 1 heterocycles. The maximum absolute atomic E-state index is 12.4. The Balaban J connectivity index is 2.22. The minimum absolute atomic E-state index is 0.140. The first-order chi connectivity index (χ1) is 12.1. The first-order valence-corrected chi connectivity index (χ1v) is 9.39. The predicted octanol–water partition coefficient (Wildman–Crippen LogP) is 4.10. The van der Waals surface area contributed by atoms with E-state index in [2.05, 4.69) is 15.9 Å². The minimum atomic E-state index is -1.02. The van der Waals surface area contributed by atoms with Crippen LogP contribution < -0.4 is 4.74 Å². The minimum Gasteiger partial charge on any atom is -0.496 e. The van der Waals surface area contributed by atoms with Crippen molar-refractivity contribution in [3.05, 3.63) is 28.2 Å². The third kappa shape index (κ3) is 4.90. The molecule has 1 aromatic rings. The van der Waals surface area contributed by atoms with Crippen LogP contribution in [-0.2, 0) is 16.0 Å². The molecule has 144 valence electrons. The van der Waals surface area contributed by atoms with E-state index in [4.69, 9.17) is 9.47 Å². The smallest absolute Gasteiger partial charge is 0.410 e. The van der Waals surface area contributed by atoms with Crippen LogP contribution in [0, 0.1) is 5.41 Å². The molecule has 0 bridgehead atoms. The van der Waals surface area contributed by atoms with Crippen molar-refractivity contribution in [2.24, 2.45) is 5.41 Å². The van der Waals surface area contributed by atoms with Gasteiger partial charge in [0, 0.05) is 13.1 Å². The number of halogens is 1. The van der Waals surface area contributed by atoms with E-state index >= 15 is 0 Å². The molecule has 0 aromatic heterocycles. The van der Waals surface area contributed by atoms with Crippen LogP contribution in [0.5, 0.6) is 5.75 Å². The number of ether oxygens (including phenoxy) is 2. The summed E-state index contributed by atoms with van der Waals surface area (Å²) in [6.45, 7) is 6.05. The van der Waals surface area contributed by atoms with Gasteiger partial charge in [-0.15, -0.1) is 0 Å². The lowest BCUT2D eigenvalue weighted by Gasteiger charge is -2.40. The maximum Gasteiger partial charge on any atom is 0.410 e. The summed E-state index contributed by atoms with van der Waals surface area (Å²) in [4.78, 5) is 26.0. The van der Waals surface area contributed by atoms with Crippen LogP contribution in [0.25, 0.3) is 0 Å². The van der Waals surface area contributed by atoms with Crippen LogP contribution in [0.4, 0.5) is 4.79 Å². The molecular formula is C19H26BrNO5. The number of nitrogens with zero attached hydrogens (tertiary/aromatic N) is 1. The van der Waals surface area contributed by atoms with Crippen molar-refractivity contribution in [3.63, 3.8) is 0 Å². The average molecular weight is 428 g/mol. The Labute approximate surface area is 162 Å². The highest BCUT2D eigenvalue weighted by Gasteiger charge is 2.44. The van der Waals surface area contributed by atoms with Gasteiger partial charge >= 0.3 is 12.1 Å². The average Bonchev–Trinajstić information content (AvgIpc) is 2.53. The molecule has 1 saturated heterocycles. The van der Waals surface area contributed by atoms with Crippen molar-refractivity contribution in [1.82, 2.24) is 4.90 Å². The molecule has 26 heavy (non-hydrogen) atoms. The third-order valence-corrected chi connectivity index (χ3v) is 5.06. The van der Waals surface area contributed by atoms with Crippen molar-refractivity contribution in [3.8, 4) is 5.75 Å². The lowest BCUT2D eigenvalue weighted by molar-refractivity contribution is -0.152. The SMILES string of the molecule is COc1ccc(CC2(C(=O)O)CCCN(C(=O)OC(C)(C)C)C2)cc1Br. The molecule has 1 aromatic carbocycles. The summed E-state index contributed by atoms with van der Waals surface area (Å²) in [6, 6.07) is 5.54. The Morgan fingerprint density at radius 1 is 1.35 bits per heavy atom. The number of hydrogen-bond acceptors (Lipinski definition) is 4. The number of methoxy groups -OCH3 is 1. The fraction of sp³-hybridized carbons (Fsp3) is 0.579. The molecule has 7 heteroatoms. The Bertz CT molecular complexity index is 685. The molecule has 1 amide bonds. The highest BCUT2D eigenvalue weighted by atomic mass is 79.9. The fourth-order valence-electron chi connectivity index (χ4n) is 3.22. The van der Waals surface area contributed by atoms with Crippen molar-refractivity contribution in [1.29, 1.82) is 0 Å². The number of carbonyl (C=O) groups excluding carboxylic acids is 1. The monoisotopic (exact) mass is 427 g/mol. The lowest BCUT2D eigenvalue weighted by atomic mass is 9.75. The number of carboxylic acid groups (broad SMARTS) is 1. The molecule has 0 radical (unpaired) electrons. The maximum atomic E-state index is 12.4. The molecule has 1 fully saturated rings. The summed E-state index contributed by atoms with van der Waals surface area (Å²) in [7, 11) is 1.58. The molecule has 0 spiro atoms. The topological polar surface area (TPSA) is 76.1 Å². The lowest BCUT2D eigenvalue weighted by Crippen LogP contribution is -2.52. The Morgan fingerprint density at radius 2 is 2.04 bits per heavy atom. The fourth-order valence-corrected chi connectivity index (χ4v) is 3.81. The number of piperidine rings is 1. The second-order valence-corrected chi connectivity index (χ2v) is 8.59. The molecule has 6 nitrogen and oxygen atoms in total. The molecule has 1 N–H and O–H groups in total. The van der Waals surface area contributed by atoms with E-state index in [1.807, 2.05) is 18.2 Å². The van der Waals surface area contributed by atoms with Gasteiger partial charge in [0.15, 0.2) is 0 Å². The van der Waals surface area contributed by atoms with E-state index in [-0.39, 0.29) is 6.54 Å². The first-order valence-electron chi connectivity index (χ1n) is 8.60. The van der Waals surface area contributed by atoms with E-state index in [0.29, 0.717) is 31.6 Å². The van der Waals surface area contributed by atoms with Gasteiger partial charge < -0.3 is 19.5 Å². The summed E-state index contributed by atoms with van der Waals surface area (Å²) in [5.74, 6) is -0.199. The normalized spacial score (nSPS) is 20.6. The van der Waals surface area contributed by atoms with E-state index in [1.54, 1.807) is 27.9 Å². The molecule has 1 aliphatic heterocycles. The predicted molar refractivity (Wildman–Crippen MR) is 102 cm³/mol. The van der Waals surface area contributed by atoms with Crippen LogP contribution in [0.2, 0.25) is 0 Å². The highest BCUT2D eigenvalue weighted by Crippen LogP contribution is 2.36. The zero-order chi connectivity index (χ0) is 19.5. The van der Waals surface area contributed by atoms with E-state index in [0.717, 1.165) is 10.0 Å². The summed E-state index contributed by atoms with van der Waals surface area (Å²) < 4.78 is 11.4. The summed E-state index contributed by atoms with van der Waals surface area (Å²) in [6.07, 6.45) is 1.02. The first kappa shape index (κ1) is 20.6. The Hall–Kier alpha value is -1.76. The molecular weight excluding hydrogens is 402 g/mol. The van der Waals surface area contributed by atoms with Gasteiger partial charge in [-0.05, 0) is 73.7 Å². The molecule has 1 unspecified atom stereocenters. The van der Waals surface area contributed by atoms with Gasteiger partial charge in [0.1, 0.15) is 11.4 Å². The van der Waals surface area contributed by atoms with Crippen molar-refractivity contribution in [2.75, 3.05) is 20.2 Å². The highest BCUT2D eigenvalue weighted by molar-refractivity contribution is 9.10. The quantitative estimate of drug-likeness (QED) is 0.782. The Kier molecular flexibility index (Phi) is 6.21. The van der Waals surface area contributed by atoms with E-state index in [9.17, 15) is 14.7 Å². The summed E-state index contributed by atoms with van der Waals surface area (Å²) >= 11 is 3.44. The van der Waals surface area contributed by atoms with Gasteiger partial charge in [0.05, 0.1) is 17.0 Å². The van der Waals surface area contributed by atoms with Gasteiger partial charge in [-0.25, -0.2) is 4.79 Å². The van der Waals surface area contributed by atoms with Crippen LogP contribution >= 0.6 is 15.9 Å². The molecule has 0 aliphatic carbocycles. The number of amides is 1. The van der Waals surface area contributed by atoms with Gasteiger partial charge in [-0.2, -0.15) is 0 Å². The van der Waals surface area contributed by atoms with Crippen molar-refractivity contribution in [2.45, 2.75) is 45.6 Å². The zero-order valence-electron chi connectivity index (χ0n) is 15.7. The number of likely N-dealkylation sites (tertiary alicyclic amines) is 1.